The number of carbonyl (C=O) groups is 1. The van der Waals surface area contributed by atoms with Gasteiger partial charge >= 0.3 is 5.97 Å². The van der Waals surface area contributed by atoms with Gasteiger partial charge in [0.1, 0.15) is 23.3 Å². The Bertz CT molecular complexity index is 523. The van der Waals surface area contributed by atoms with Gasteiger partial charge in [0.2, 0.25) is 0 Å². The molecule has 3 nitrogen and oxygen atoms in total. The van der Waals surface area contributed by atoms with Gasteiger partial charge in [0.05, 0.1) is 12.9 Å². The molecule has 1 aromatic rings. The molecule has 18 heavy (non-hydrogen) atoms. The van der Waals surface area contributed by atoms with Crippen molar-refractivity contribution < 1.29 is 23.0 Å². The van der Waals surface area contributed by atoms with Crippen LogP contribution >= 0.6 is 0 Å². The Morgan fingerprint density at radius 1 is 1.44 bits per heavy atom. The number of halogens is 2. The zero-order valence-corrected chi connectivity index (χ0v) is 10.00. The lowest BCUT2D eigenvalue weighted by Gasteiger charge is -2.23. The summed E-state index contributed by atoms with van der Waals surface area (Å²) in [6.45, 7) is 3.49. The van der Waals surface area contributed by atoms with Gasteiger partial charge in [0.15, 0.2) is 0 Å². The highest BCUT2D eigenvalue weighted by Gasteiger charge is 2.33. The van der Waals surface area contributed by atoms with Crippen LogP contribution in [0.3, 0.4) is 0 Å². The summed E-state index contributed by atoms with van der Waals surface area (Å²) in [7, 11) is 0. The predicted molar refractivity (Wildman–Crippen MR) is 60.1 cm³/mol. The number of fused-ring (bicyclic) bond motifs is 1. The predicted octanol–water partition coefficient (Wildman–Crippen LogP) is 2.91. The van der Waals surface area contributed by atoms with Gasteiger partial charge in [-0.1, -0.05) is 0 Å². The number of ether oxygens (including phenoxy) is 2. The van der Waals surface area contributed by atoms with Gasteiger partial charge in [0, 0.05) is 17.7 Å². The van der Waals surface area contributed by atoms with E-state index in [0.717, 1.165) is 12.1 Å². The monoisotopic (exact) mass is 254 g/mol. The van der Waals surface area contributed by atoms with Crippen LogP contribution in [0.2, 0.25) is 0 Å². The van der Waals surface area contributed by atoms with Crippen molar-refractivity contribution in [3.8, 4) is 5.75 Å². The minimum Gasteiger partial charge on any atom is -0.465 e. The fraction of sp³-hybridized carbons (Fsp3) is 0.308. The minimum atomic E-state index is -0.880. The van der Waals surface area contributed by atoms with Crippen molar-refractivity contribution in [1.82, 2.24) is 0 Å². The number of hydrogen-bond donors (Lipinski definition) is 0. The summed E-state index contributed by atoms with van der Waals surface area (Å²) in [5.74, 6) is -3.00. The lowest BCUT2D eigenvalue weighted by molar-refractivity contribution is -0.144. The zero-order chi connectivity index (χ0) is 13.3. The zero-order valence-electron chi connectivity index (χ0n) is 10.00. The first-order valence-corrected chi connectivity index (χ1v) is 5.53. The third-order valence-electron chi connectivity index (χ3n) is 2.69. The first-order valence-electron chi connectivity index (χ1n) is 5.53. The van der Waals surface area contributed by atoms with E-state index in [9.17, 15) is 13.6 Å². The summed E-state index contributed by atoms with van der Waals surface area (Å²) in [5.41, 5.74) is 0.543. The molecule has 1 unspecified atom stereocenters. The largest absolute Gasteiger partial charge is 0.465 e. The molecule has 5 heteroatoms. The highest BCUT2D eigenvalue weighted by atomic mass is 19.1. The van der Waals surface area contributed by atoms with Crippen LogP contribution in [0.4, 0.5) is 8.78 Å². The summed E-state index contributed by atoms with van der Waals surface area (Å²) in [6, 6.07) is 1.78. The van der Waals surface area contributed by atoms with Crippen molar-refractivity contribution in [3.05, 3.63) is 41.2 Å². The number of carbonyl (C=O) groups excluding carboxylic acids is 1. The molecule has 0 fully saturated rings. The molecule has 0 aliphatic carbocycles. The molecule has 0 saturated heterocycles. The van der Waals surface area contributed by atoms with E-state index in [1.54, 1.807) is 13.8 Å². The molecule has 0 radical (unpaired) electrons. The summed E-state index contributed by atoms with van der Waals surface area (Å²) < 4.78 is 36.9. The molecule has 0 N–H and O–H groups in total. The standard InChI is InChI=1S/C13H12F2O3/c1-3-17-13(16)11-7(2)6-18-10-5-8(14)4-9(15)12(10)11/h4-6,11H,3H2,1-2H3. The SMILES string of the molecule is CCOC(=O)C1C(C)=COc2cc(F)cc(F)c21. The van der Waals surface area contributed by atoms with Gasteiger partial charge in [-0.05, 0) is 19.4 Å². The third-order valence-corrected chi connectivity index (χ3v) is 2.69. The maximum Gasteiger partial charge on any atom is 0.317 e. The molecule has 0 amide bonds. The average Bonchev–Trinajstić information content (AvgIpc) is 2.29. The normalized spacial score (nSPS) is 17.6. The maximum atomic E-state index is 13.8. The second-order valence-corrected chi connectivity index (χ2v) is 3.96. The van der Waals surface area contributed by atoms with Crippen molar-refractivity contribution in [2.24, 2.45) is 0 Å². The Hall–Kier alpha value is -1.91. The van der Waals surface area contributed by atoms with E-state index < -0.39 is 23.5 Å². The summed E-state index contributed by atoms with van der Waals surface area (Å²) >= 11 is 0. The Morgan fingerprint density at radius 2 is 2.17 bits per heavy atom. The average molecular weight is 254 g/mol. The van der Waals surface area contributed by atoms with Crippen molar-refractivity contribution in [3.63, 3.8) is 0 Å². The van der Waals surface area contributed by atoms with Crippen LogP contribution in [0.5, 0.6) is 5.75 Å². The topological polar surface area (TPSA) is 35.5 Å². The molecular weight excluding hydrogens is 242 g/mol. The van der Waals surface area contributed by atoms with Gasteiger partial charge in [-0.25, -0.2) is 8.78 Å². The van der Waals surface area contributed by atoms with Gasteiger partial charge in [-0.2, -0.15) is 0 Å². The van der Waals surface area contributed by atoms with E-state index >= 15 is 0 Å². The number of rotatable bonds is 2. The second-order valence-electron chi connectivity index (χ2n) is 3.96. The summed E-state index contributed by atoms with van der Waals surface area (Å²) in [5, 5.41) is 0. The minimum absolute atomic E-state index is 0.0103. The van der Waals surface area contributed by atoms with Crippen LogP contribution in [0.1, 0.15) is 25.3 Å². The smallest absolute Gasteiger partial charge is 0.317 e. The Balaban J connectivity index is 2.51. The summed E-state index contributed by atoms with van der Waals surface area (Å²) in [4.78, 5) is 11.8. The molecule has 1 aliphatic rings. The first-order chi connectivity index (χ1) is 8.54. The fourth-order valence-corrected chi connectivity index (χ4v) is 1.92. The molecule has 0 spiro atoms. The van der Waals surface area contributed by atoms with Crippen LogP contribution in [-0.4, -0.2) is 12.6 Å². The van der Waals surface area contributed by atoms with Crippen molar-refractivity contribution in [1.29, 1.82) is 0 Å². The van der Waals surface area contributed by atoms with E-state index in [1.165, 1.54) is 6.26 Å². The maximum absolute atomic E-state index is 13.8. The molecular formula is C13H12F2O3. The Labute approximate surface area is 103 Å². The highest BCUT2D eigenvalue weighted by molar-refractivity contribution is 5.83. The van der Waals surface area contributed by atoms with Crippen molar-refractivity contribution >= 4 is 5.97 Å². The molecule has 0 aromatic heterocycles. The number of benzene rings is 1. The van der Waals surface area contributed by atoms with Gasteiger partial charge in [-0.3, -0.25) is 4.79 Å². The number of esters is 1. The molecule has 1 atom stereocenters. The van der Waals surface area contributed by atoms with Crippen LogP contribution in [0, 0.1) is 11.6 Å². The van der Waals surface area contributed by atoms with Crippen LogP contribution in [0.15, 0.2) is 24.0 Å². The van der Waals surface area contributed by atoms with E-state index in [4.69, 9.17) is 9.47 Å². The molecule has 2 rings (SSSR count). The second kappa shape index (κ2) is 4.76. The van der Waals surface area contributed by atoms with E-state index in [0.29, 0.717) is 5.57 Å². The van der Waals surface area contributed by atoms with Crippen molar-refractivity contribution in [2.45, 2.75) is 19.8 Å². The molecule has 1 aromatic carbocycles. The molecule has 0 saturated carbocycles. The summed E-state index contributed by atoms with van der Waals surface area (Å²) in [6.07, 6.45) is 1.31. The lowest BCUT2D eigenvalue weighted by Crippen LogP contribution is -2.22. The first kappa shape index (κ1) is 12.5. The molecule has 0 bridgehead atoms. The quantitative estimate of drug-likeness (QED) is 0.761. The van der Waals surface area contributed by atoms with Gasteiger partial charge in [-0.15, -0.1) is 0 Å². The van der Waals surface area contributed by atoms with Crippen LogP contribution in [0.25, 0.3) is 0 Å². The Morgan fingerprint density at radius 3 is 2.83 bits per heavy atom. The molecule has 96 valence electrons. The van der Waals surface area contributed by atoms with Gasteiger partial charge in [0.25, 0.3) is 0 Å². The van der Waals surface area contributed by atoms with Crippen molar-refractivity contribution in [2.75, 3.05) is 6.61 Å². The van der Waals surface area contributed by atoms with E-state index in [1.807, 2.05) is 0 Å². The van der Waals surface area contributed by atoms with Gasteiger partial charge < -0.3 is 9.47 Å². The third kappa shape index (κ3) is 2.08. The highest BCUT2D eigenvalue weighted by Crippen LogP contribution is 2.39. The number of hydrogen-bond acceptors (Lipinski definition) is 3. The van der Waals surface area contributed by atoms with E-state index in [-0.39, 0.29) is 17.9 Å². The fourth-order valence-electron chi connectivity index (χ4n) is 1.92. The van der Waals surface area contributed by atoms with Crippen LogP contribution in [-0.2, 0) is 9.53 Å². The molecule has 1 heterocycles. The lowest BCUT2D eigenvalue weighted by atomic mass is 9.90. The van der Waals surface area contributed by atoms with E-state index in [2.05, 4.69) is 0 Å². The Kier molecular flexibility index (Phi) is 3.32. The van der Waals surface area contributed by atoms with Crippen LogP contribution < -0.4 is 4.74 Å². The molecule has 1 aliphatic heterocycles.